The number of aliphatic hydroxyl groups is 1. The molecular formula is C16H29NO3. The third kappa shape index (κ3) is 4.19. The highest BCUT2D eigenvalue weighted by Crippen LogP contribution is 2.30. The third-order valence-electron chi connectivity index (χ3n) is 5.17. The smallest absolute Gasteiger partial charge is 0.334 e. The van der Waals surface area contributed by atoms with Crippen LogP contribution in [0.5, 0.6) is 0 Å². The summed E-state index contributed by atoms with van der Waals surface area (Å²) >= 11 is 0. The molecule has 2 aliphatic rings. The van der Waals surface area contributed by atoms with Gasteiger partial charge in [0.15, 0.2) is 6.10 Å². The van der Waals surface area contributed by atoms with E-state index < -0.39 is 12.1 Å². The summed E-state index contributed by atoms with van der Waals surface area (Å²) in [7, 11) is 1.34. The van der Waals surface area contributed by atoms with E-state index >= 15 is 0 Å². The highest BCUT2D eigenvalue weighted by Gasteiger charge is 2.31. The summed E-state index contributed by atoms with van der Waals surface area (Å²) in [4.78, 5) is 13.9. The quantitative estimate of drug-likeness (QED) is 0.802. The van der Waals surface area contributed by atoms with E-state index in [1.54, 1.807) is 0 Å². The lowest BCUT2D eigenvalue weighted by atomic mass is 9.82. The SMILES string of the molecule is COC(=O)[C@H](O)C1CCN(CC2CCC(C)CC2)CC1. The number of carbonyl (C=O) groups is 1. The van der Waals surface area contributed by atoms with Crippen molar-refractivity contribution in [1.29, 1.82) is 0 Å². The van der Waals surface area contributed by atoms with Crippen LogP contribution >= 0.6 is 0 Å². The standard InChI is InChI=1S/C16H29NO3/c1-12-3-5-13(6-4-12)11-17-9-7-14(8-10-17)15(18)16(19)20-2/h12-15,18H,3-11H2,1-2H3/t12?,13?,15-/m1/s1. The Kier molecular flexibility index (Phi) is 5.85. The van der Waals surface area contributed by atoms with Gasteiger partial charge in [0.05, 0.1) is 7.11 Å². The van der Waals surface area contributed by atoms with Gasteiger partial charge in [-0.3, -0.25) is 0 Å². The number of rotatable bonds is 4. The number of hydrogen-bond donors (Lipinski definition) is 1. The fourth-order valence-electron chi connectivity index (χ4n) is 3.64. The molecule has 1 saturated carbocycles. The molecule has 20 heavy (non-hydrogen) atoms. The molecule has 1 atom stereocenters. The summed E-state index contributed by atoms with van der Waals surface area (Å²) in [5.74, 6) is 1.36. The highest BCUT2D eigenvalue weighted by molar-refractivity contribution is 5.74. The molecule has 0 spiro atoms. The second kappa shape index (κ2) is 7.41. The molecule has 1 saturated heterocycles. The van der Waals surface area contributed by atoms with Gasteiger partial charge in [0.1, 0.15) is 0 Å². The van der Waals surface area contributed by atoms with Crippen LogP contribution < -0.4 is 0 Å². The van der Waals surface area contributed by atoms with Crippen molar-refractivity contribution in [2.24, 2.45) is 17.8 Å². The Morgan fingerprint density at radius 1 is 1.20 bits per heavy atom. The van der Waals surface area contributed by atoms with Crippen LogP contribution in [0.15, 0.2) is 0 Å². The lowest BCUT2D eigenvalue weighted by Crippen LogP contribution is -2.42. The van der Waals surface area contributed by atoms with Gasteiger partial charge in [-0.15, -0.1) is 0 Å². The van der Waals surface area contributed by atoms with Gasteiger partial charge in [-0.1, -0.05) is 19.8 Å². The molecule has 2 rings (SSSR count). The number of nitrogens with zero attached hydrogens (tertiary/aromatic N) is 1. The summed E-state index contributed by atoms with van der Waals surface area (Å²) in [6, 6.07) is 0. The first-order valence-corrected chi connectivity index (χ1v) is 8.08. The van der Waals surface area contributed by atoms with Crippen LogP contribution in [0.3, 0.4) is 0 Å². The number of likely N-dealkylation sites (tertiary alicyclic amines) is 1. The zero-order chi connectivity index (χ0) is 14.5. The monoisotopic (exact) mass is 283 g/mol. The minimum atomic E-state index is -0.933. The first kappa shape index (κ1) is 15.8. The summed E-state index contributed by atoms with van der Waals surface area (Å²) < 4.78 is 4.62. The minimum Gasteiger partial charge on any atom is -0.467 e. The molecule has 1 aliphatic carbocycles. The van der Waals surface area contributed by atoms with E-state index in [0.29, 0.717) is 0 Å². The number of methoxy groups -OCH3 is 1. The Morgan fingerprint density at radius 3 is 2.35 bits per heavy atom. The fraction of sp³-hybridized carbons (Fsp3) is 0.938. The molecule has 2 fully saturated rings. The number of aliphatic hydroxyl groups excluding tert-OH is 1. The van der Waals surface area contributed by atoms with Crippen LogP contribution in [0, 0.1) is 17.8 Å². The van der Waals surface area contributed by atoms with Crippen LogP contribution in [0.25, 0.3) is 0 Å². The van der Waals surface area contributed by atoms with E-state index in [4.69, 9.17) is 0 Å². The van der Waals surface area contributed by atoms with Crippen LogP contribution in [0.2, 0.25) is 0 Å². The Morgan fingerprint density at radius 2 is 1.80 bits per heavy atom. The van der Waals surface area contributed by atoms with Gasteiger partial charge >= 0.3 is 5.97 Å². The normalized spacial score (nSPS) is 30.9. The summed E-state index contributed by atoms with van der Waals surface area (Å²) in [6.07, 6.45) is 6.36. The maximum Gasteiger partial charge on any atom is 0.334 e. The van der Waals surface area contributed by atoms with Crippen molar-refractivity contribution >= 4 is 5.97 Å². The molecule has 1 N–H and O–H groups in total. The first-order chi connectivity index (χ1) is 9.60. The van der Waals surface area contributed by atoms with E-state index in [2.05, 4.69) is 16.6 Å². The zero-order valence-corrected chi connectivity index (χ0v) is 12.9. The molecular weight excluding hydrogens is 254 g/mol. The third-order valence-corrected chi connectivity index (χ3v) is 5.17. The van der Waals surface area contributed by atoms with Crippen molar-refractivity contribution in [2.75, 3.05) is 26.7 Å². The van der Waals surface area contributed by atoms with Gasteiger partial charge in [0.2, 0.25) is 0 Å². The van der Waals surface area contributed by atoms with E-state index in [9.17, 15) is 9.90 Å². The molecule has 0 amide bonds. The van der Waals surface area contributed by atoms with Crippen molar-refractivity contribution in [2.45, 2.75) is 51.6 Å². The number of piperidine rings is 1. The number of hydrogen-bond acceptors (Lipinski definition) is 4. The average Bonchev–Trinajstić information content (AvgIpc) is 2.49. The second-order valence-electron chi connectivity index (χ2n) is 6.73. The van der Waals surface area contributed by atoms with E-state index in [-0.39, 0.29) is 5.92 Å². The summed E-state index contributed by atoms with van der Waals surface area (Å²) in [5, 5.41) is 9.89. The first-order valence-electron chi connectivity index (χ1n) is 8.08. The summed E-state index contributed by atoms with van der Waals surface area (Å²) in [6.45, 7) is 5.57. The highest BCUT2D eigenvalue weighted by atomic mass is 16.5. The molecule has 0 aromatic rings. The zero-order valence-electron chi connectivity index (χ0n) is 12.9. The van der Waals surface area contributed by atoms with Crippen molar-refractivity contribution in [3.63, 3.8) is 0 Å². The topological polar surface area (TPSA) is 49.8 Å². The Bertz CT molecular complexity index is 305. The Hall–Kier alpha value is -0.610. The number of carbonyl (C=O) groups excluding carboxylic acids is 1. The van der Waals surface area contributed by atoms with Gasteiger partial charge in [-0.2, -0.15) is 0 Å². The molecule has 0 aromatic carbocycles. The summed E-state index contributed by atoms with van der Waals surface area (Å²) in [5.41, 5.74) is 0. The van der Waals surface area contributed by atoms with Crippen molar-refractivity contribution < 1.29 is 14.6 Å². The van der Waals surface area contributed by atoms with E-state index in [1.165, 1.54) is 39.3 Å². The Balaban J connectivity index is 1.70. The molecule has 0 bridgehead atoms. The van der Waals surface area contributed by atoms with Gasteiger partial charge in [0, 0.05) is 6.54 Å². The van der Waals surface area contributed by atoms with Crippen LogP contribution in [-0.2, 0) is 9.53 Å². The van der Waals surface area contributed by atoms with Crippen molar-refractivity contribution in [3.8, 4) is 0 Å². The van der Waals surface area contributed by atoms with Crippen LogP contribution in [0.1, 0.15) is 45.4 Å². The van der Waals surface area contributed by atoms with Gasteiger partial charge < -0.3 is 14.7 Å². The molecule has 4 nitrogen and oxygen atoms in total. The van der Waals surface area contributed by atoms with Crippen molar-refractivity contribution in [1.82, 2.24) is 4.90 Å². The van der Waals surface area contributed by atoms with Crippen LogP contribution in [0.4, 0.5) is 0 Å². The second-order valence-corrected chi connectivity index (χ2v) is 6.73. The Labute approximate surface area is 122 Å². The van der Waals surface area contributed by atoms with Crippen LogP contribution in [-0.4, -0.2) is 48.8 Å². The number of esters is 1. The molecule has 1 aliphatic heterocycles. The van der Waals surface area contributed by atoms with E-state index in [0.717, 1.165) is 37.8 Å². The van der Waals surface area contributed by atoms with Gasteiger partial charge in [0.25, 0.3) is 0 Å². The fourth-order valence-corrected chi connectivity index (χ4v) is 3.64. The molecule has 4 heteroatoms. The molecule has 0 unspecified atom stereocenters. The lowest BCUT2D eigenvalue weighted by Gasteiger charge is -2.37. The molecule has 0 radical (unpaired) electrons. The molecule has 0 aromatic heterocycles. The number of ether oxygens (including phenoxy) is 1. The molecule has 116 valence electrons. The minimum absolute atomic E-state index is 0.0741. The average molecular weight is 283 g/mol. The molecule has 1 heterocycles. The lowest BCUT2D eigenvalue weighted by molar-refractivity contribution is -0.154. The van der Waals surface area contributed by atoms with Crippen molar-refractivity contribution in [3.05, 3.63) is 0 Å². The van der Waals surface area contributed by atoms with Gasteiger partial charge in [-0.25, -0.2) is 4.79 Å². The maximum absolute atomic E-state index is 11.4. The predicted molar refractivity (Wildman–Crippen MR) is 78.3 cm³/mol. The predicted octanol–water partition coefficient (Wildman–Crippen LogP) is 2.06. The largest absolute Gasteiger partial charge is 0.467 e. The van der Waals surface area contributed by atoms with E-state index in [1.807, 2.05) is 0 Å². The van der Waals surface area contributed by atoms with Gasteiger partial charge in [-0.05, 0) is 56.5 Å². The maximum atomic E-state index is 11.4.